The maximum atomic E-state index is 12.6. The van der Waals surface area contributed by atoms with Crippen LogP contribution in [0.3, 0.4) is 0 Å². The highest BCUT2D eigenvalue weighted by Gasteiger charge is 2.08. The normalized spacial score (nSPS) is 12.6. The smallest absolute Gasteiger partial charge is 0.200 e. The summed E-state index contributed by atoms with van der Waals surface area (Å²) in [6.45, 7) is 3.21. The van der Waals surface area contributed by atoms with E-state index in [0.717, 1.165) is 6.42 Å². The zero-order valence-electron chi connectivity index (χ0n) is 13.6. The minimum atomic E-state index is -0.0539. The van der Waals surface area contributed by atoms with E-state index in [0.29, 0.717) is 40.8 Å². The SMILES string of the molecule is CCC(CO)NCCOc1ccc2oc3ccccc3c(=O)c2c1. The van der Waals surface area contributed by atoms with Crippen molar-refractivity contribution in [2.45, 2.75) is 19.4 Å². The lowest BCUT2D eigenvalue weighted by atomic mass is 10.1. The number of fused-ring (bicyclic) bond motifs is 2. The van der Waals surface area contributed by atoms with E-state index in [-0.39, 0.29) is 18.1 Å². The fraction of sp³-hybridized carbons (Fsp3) is 0.316. The summed E-state index contributed by atoms with van der Waals surface area (Å²) in [5.41, 5.74) is 1.08. The van der Waals surface area contributed by atoms with Gasteiger partial charge in [-0.05, 0) is 36.8 Å². The average molecular weight is 327 g/mol. The number of benzene rings is 2. The van der Waals surface area contributed by atoms with Crippen molar-refractivity contribution in [2.24, 2.45) is 0 Å². The van der Waals surface area contributed by atoms with Gasteiger partial charge in [0.25, 0.3) is 0 Å². The van der Waals surface area contributed by atoms with Crippen molar-refractivity contribution in [1.82, 2.24) is 5.32 Å². The van der Waals surface area contributed by atoms with Gasteiger partial charge in [-0.1, -0.05) is 19.1 Å². The standard InChI is InChI=1S/C19H21NO4/c1-2-13(12-21)20-9-10-23-14-7-8-18-16(11-14)19(22)15-5-3-4-6-17(15)24-18/h3-8,11,13,20-21H,2,9-10,12H2,1H3. The summed E-state index contributed by atoms with van der Waals surface area (Å²) in [7, 11) is 0. The Kier molecular flexibility index (Phi) is 5.13. The zero-order chi connectivity index (χ0) is 16.9. The molecule has 24 heavy (non-hydrogen) atoms. The molecule has 126 valence electrons. The van der Waals surface area contributed by atoms with Crippen molar-refractivity contribution in [2.75, 3.05) is 19.8 Å². The Labute approximate surface area is 139 Å². The maximum Gasteiger partial charge on any atom is 0.200 e. The summed E-state index contributed by atoms with van der Waals surface area (Å²) < 4.78 is 11.5. The maximum absolute atomic E-state index is 12.6. The Hall–Kier alpha value is -2.37. The molecule has 0 aliphatic rings. The summed E-state index contributed by atoms with van der Waals surface area (Å²) >= 11 is 0. The molecule has 0 aliphatic heterocycles. The molecular formula is C19H21NO4. The highest BCUT2D eigenvalue weighted by molar-refractivity contribution is 5.90. The number of nitrogens with one attached hydrogen (secondary N) is 1. The molecule has 1 aromatic heterocycles. The van der Waals surface area contributed by atoms with Crippen molar-refractivity contribution >= 4 is 21.9 Å². The highest BCUT2D eigenvalue weighted by atomic mass is 16.5. The largest absolute Gasteiger partial charge is 0.492 e. The minimum Gasteiger partial charge on any atom is -0.492 e. The Balaban J connectivity index is 1.77. The Morgan fingerprint density at radius 2 is 1.96 bits per heavy atom. The molecule has 0 saturated heterocycles. The molecule has 2 aromatic carbocycles. The third-order valence-electron chi connectivity index (χ3n) is 4.06. The number of para-hydroxylation sites is 1. The van der Waals surface area contributed by atoms with Gasteiger partial charge in [-0.15, -0.1) is 0 Å². The zero-order valence-corrected chi connectivity index (χ0v) is 13.6. The molecule has 0 saturated carbocycles. The quantitative estimate of drug-likeness (QED) is 0.516. The summed E-state index contributed by atoms with van der Waals surface area (Å²) in [6.07, 6.45) is 0.862. The topological polar surface area (TPSA) is 71.7 Å². The predicted molar refractivity (Wildman–Crippen MR) is 94.7 cm³/mol. The van der Waals surface area contributed by atoms with E-state index < -0.39 is 0 Å². The van der Waals surface area contributed by atoms with Crippen LogP contribution in [0.4, 0.5) is 0 Å². The second kappa shape index (κ2) is 7.47. The fourth-order valence-corrected chi connectivity index (χ4v) is 2.64. The third-order valence-corrected chi connectivity index (χ3v) is 4.06. The number of aliphatic hydroxyl groups is 1. The van der Waals surface area contributed by atoms with Gasteiger partial charge < -0.3 is 19.6 Å². The van der Waals surface area contributed by atoms with E-state index in [2.05, 4.69) is 5.32 Å². The molecule has 3 rings (SSSR count). The molecule has 2 N–H and O–H groups in total. The van der Waals surface area contributed by atoms with Gasteiger partial charge in [-0.2, -0.15) is 0 Å². The molecule has 1 atom stereocenters. The molecule has 5 heteroatoms. The third kappa shape index (κ3) is 3.42. The molecular weight excluding hydrogens is 306 g/mol. The molecule has 1 heterocycles. The van der Waals surface area contributed by atoms with Crippen molar-refractivity contribution < 1.29 is 14.3 Å². The van der Waals surface area contributed by atoms with Crippen LogP contribution >= 0.6 is 0 Å². The van der Waals surface area contributed by atoms with Gasteiger partial charge in [0.1, 0.15) is 23.5 Å². The molecule has 0 aliphatic carbocycles. The first-order chi connectivity index (χ1) is 11.7. The fourth-order valence-electron chi connectivity index (χ4n) is 2.64. The number of aliphatic hydroxyl groups excluding tert-OH is 1. The van der Waals surface area contributed by atoms with Crippen LogP contribution in [0.15, 0.2) is 51.7 Å². The molecule has 1 unspecified atom stereocenters. The number of rotatable bonds is 7. The Morgan fingerprint density at radius 3 is 2.75 bits per heavy atom. The van der Waals surface area contributed by atoms with E-state index in [1.54, 1.807) is 30.3 Å². The second-order valence-electron chi connectivity index (χ2n) is 5.68. The van der Waals surface area contributed by atoms with Crippen LogP contribution in [-0.2, 0) is 0 Å². The lowest BCUT2D eigenvalue weighted by Crippen LogP contribution is -2.34. The monoisotopic (exact) mass is 327 g/mol. The first-order valence-electron chi connectivity index (χ1n) is 8.15. The Bertz CT molecular complexity index is 883. The summed E-state index contributed by atoms with van der Waals surface area (Å²) in [5, 5.41) is 13.4. The minimum absolute atomic E-state index is 0.0539. The van der Waals surface area contributed by atoms with Gasteiger partial charge in [-0.3, -0.25) is 4.79 Å². The first-order valence-corrected chi connectivity index (χ1v) is 8.15. The van der Waals surface area contributed by atoms with Gasteiger partial charge in [0, 0.05) is 12.6 Å². The van der Waals surface area contributed by atoms with E-state index in [9.17, 15) is 4.79 Å². The molecule has 0 radical (unpaired) electrons. The van der Waals surface area contributed by atoms with Gasteiger partial charge in [0.05, 0.1) is 17.4 Å². The van der Waals surface area contributed by atoms with Crippen molar-refractivity contribution in [3.8, 4) is 5.75 Å². The Morgan fingerprint density at radius 1 is 1.17 bits per heavy atom. The van der Waals surface area contributed by atoms with Crippen molar-refractivity contribution in [1.29, 1.82) is 0 Å². The van der Waals surface area contributed by atoms with Crippen molar-refractivity contribution in [3.05, 3.63) is 52.7 Å². The molecule has 0 bridgehead atoms. The number of hydrogen-bond acceptors (Lipinski definition) is 5. The average Bonchev–Trinajstić information content (AvgIpc) is 2.62. The van der Waals surface area contributed by atoms with Gasteiger partial charge in [-0.25, -0.2) is 0 Å². The van der Waals surface area contributed by atoms with E-state index in [1.807, 2.05) is 19.1 Å². The lowest BCUT2D eigenvalue weighted by Gasteiger charge is -2.14. The van der Waals surface area contributed by atoms with Crippen LogP contribution in [0.1, 0.15) is 13.3 Å². The number of hydrogen-bond donors (Lipinski definition) is 2. The van der Waals surface area contributed by atoms with E-state index in [1.165, 1.54) is 0 Å². The molecule has 3 aromatic rings. The van der Waals surface area contributed by atoms with Crippen LogP contribution in [-0.4, -0.2) is 30.9 Å². The summed E-state index contributed by atoms with van der Waals surface area (Å²) in [6, 6.07) is 12.6. The number of ether oxygens (including phenoxy) is 1. The van der Waals surface area contributed by atoms with Crippen LogP contribution in [0.25, 0.3) is 21.9 Å². The van der Waals surface area contributed by atoms with E-state index >= 15 is 0 Å². The molecule has 5 nitrogen and oxygen atoms in total. The molecule has 0 fully saturated rings. The first kappa shape index (κ1) is 16.5. The highest BCUT2D eigenvalue weighted by Crippen LogP contribution is 2.22. The predicted octanol–water partition coefficient (Wildman–Crippen LogP) is 2.69. The lowest BCUT2D eigenvalue weighted by molar-refractivity contribution is 0.227. The van der Waals surface area contributed by atoms with Gasteiger partial charge in [0.15, 0.2) is 0 Å². The molecule has 0 amide bonds. The van der Waals surface area contributed by atoms with Crippen molar-refractivity contribution in [3.63, 3.8) is 0 Å². The second-order valence-corrected chi connectivity index (χ2v) is 5.68. The van der Waals surface area contributed by atoms with Crippen LogP contribution in [0.5, 0.6) is 5.75 Å². The summed E-state index contributed by atoms with van der Waals surface area (Å²) in [5.74, 6) is 0.629. The van der Waals surface area contributed by atoms with Crippen LogP contribution in [0, 0.1) is 0 Å². The van der Waals surface area contributed by atoms with Crippen LogP contribution in [0.2, 0.25) is 0 Å². The van der Waals surface area contributed by atoms with E-state index in [4.69, 9.17) is 14.3 Å². The summed E-state index contributed by atoms with van der Waals surface area (Å²) in [4.78, 5) is 12.6. The van der Waals surface area contributed by atoms with Gasteiger partial charge in [0.2, 0.25) is 5.43 Å². The van der Waals surface area contributed by atoms with Crippen LogP contribution < -0.4 is 15.5 Å². The van der Waals surface area contributed by atoms with Gasteiger partial charge >= 0.3 is 0 Å². The molecule has 0 spiro atoms.